The molecule has 0 aliphatic carbocycles. The second-order valence-corrected chi connectivity index (χ2v) is 3.98. The van der Waals surface area contributed by atoms with Gasteiger partial charge in [-0.15, -0.1) is 0 Å². The van der Waals surface area contributed by atoms with E-state index in [1.807, 2.05) is 6.92 Å². The first kappa shape index (κ1) is 11.7. The van der Waals surface area contributed by atoms with Gasteiger partial charge in [0.1, 0.15) is 0 Å². The molecule has 0 fully saturated rings. The van der Waals surface area contributed by atoms with Gasteiger partial charge in [-0.25, -0.2) is 0 Å². The van der Waals surface area contributed by atoms with Gasteiger partial charge in [-0.1, -0.05) is 33.1 Å². The Morgan fingerprint density at radius 2 is 2.00 bits per heavy atom. The largest absolute Gasteiger partial charge is 0.516 e. The van der Waals surface area contributed by atoms with E-state index in [9.17, 15) is 4.79 Å². The molecule has 0 aromatic carbocycles. The predicted molar refractivity (Wildman–Crippen MR) is 51.1 cm³/mol. The summed E-state index contributed by atoms with van der Waals surface area (Å²) in [7, 11) is 0.358. The Balaban J connectivity index is 3.08. The third kappa shape index (κ3) is 7.79. The average molecular weight is 186 g/mol. The molecule has 0 unspecified atom stereocenters. The molecule has 70 valence electrons. The maximum atomic E-state index is 10.9. The van der Waals surface area contributed by atoms with Crippen molar-refractivity contribution in [1.82, 2.24) is 0 Å². The van der Waals surface area contributed by atoms with Gasteiger partial charge in [-0.2, -0.15) is 0 Å². The number of rotatable bonds is 7. The summed E-state index contributed by atoms with van der Waals surface area (Å²) in [6.07, 6.45) is 5.18. The number of unbranched alkanes of at least 4 members (excludes halogenated alkanes) is 3. The van der Waals surface area contributed by atoms with Crippen LogP contribution in [0.25, 0.3) is 0 Å². The van der Waals surface area contributed by atoms with Crippen LogP contribution >= 0.6 is 0 Å². The first-order chi connectivity index (χ1) is 5.81. The van der Waals surface area contributed by atoms with E-state index in [1.54, 1.807) is 0 Å². The zero-order chi connectivity index (χ0) is 9.23. The van der Waals surface area contributed by atoms with Crippen molar-refractivity contribution in [2.75, 3.05) is 0 Å². The summed E-state index contributed by atoms with van der Waals surface area (Å²) in [5.74, 6) is -0.0220. The molecule has 2 radical (unpaired) electrons. The van der Waals surface area contributed by atoms with Crippen LogP contribution in [0, 0.1) is 0 Å². The lowest BCUT2D eigenvalue weighted by molar-refractivity contribution is -0.134. The van der Waals surface area contributed by atoms with Crippen LogP contribution in [-0.2, 0) is 9.22 Å². The fraction of sp³-hybridized carbons (Fsp3) is 0.889. The SMILES string of the molecule is CCCCCCC(=O)O[Si]CC. The van der Waals surface area contributed by atoms with Crippen LogP contribution in [0.4, 0.5) is 0 Å². The first-order valence-corrected chi connectivity index (χ1v) is 5.85. The minimum atomic E-state index is -0.0220. The number of carbonyl (C=O) groups excluding carboxylic acids is 1. The van der Waals surface area contributed by atoms with Gasteiger partial charge < -0.3 is 4.43 Å². The number of hydrogen-bond acceptors (Lipinski definition) is 2. The lowest BCUT2D eigenvalue weighted by atomic mass is 10.2. The Bertz CT molecular complexity index is 115. The molecule has 0 aliphatic rings. The summed E-state index contributed by atoms with van der Waals surface area (Å²) in [6, 6.07) is 0.945. The van der Waals surface area contributed by atoms with Crippen molar-refractivity contribution < 1.29 is 9.22 Å². The molecule has 0 saturated carbocycles. The number of carbonyl (C=O) groups is 1. The normalized spacial score (nSPS) is 9.83. The van der Waals surface area contributed by atoms with Crippen LogP contribution in [-0.4, -0.2) is 15.7 Å². The zero-order valence-corrected chi connectivity index (χ0v) is 9.06. The molecular formula is C9H18O2Si. The van der Waals surface area contributed by atoms with Crippen molar-refractivity contribution in [2.24, 2.45) is 0 Å². The van der Waals surface area contributed by atoms with Crippen LogP contribution in [0.2, 0.25) is 6.04 Å². The molecule has 12 heavy (non-hydrogen) atoms. The van der Waals surface area contributed by atoms with Crippen molar-refractivity contribution >= 4 is 15.7 Å². The van der Waals surface area contributed by atoms with Crippen molar-refractivity contribution in [3.8, 4) is 0 Å². The molecule has 0 aliphatic heterocycles. The van der Waals surface area contributed by atoms with Gasteiger partial charge in [0.2, 0.25) is 0 Å². The van der Waals surface area contributed by atoms with E-state index in [0.717, 1.165) is 18.9 Å². The van der Waals surface area contributed by atoms with Crippen LogP contribution in [0.15, 0.2) is 0 Å². The van der Waals surface area contributed by atoms with E-state index in [1.165, 1.54) is 12.8 Å². The quantitative estimate of drug-likeness (QED) is 0.451. The standard InChI is InChI=1S/C9H18O2Si/c1-3-5-6-7-8-9(10)11-12-4-2/h3-8H2,1-2H3. The highest BCUT2D eigenvalue weighted by molar-refractivity contribution is 6.30. The molecule has 3 heteroatoms. The van der Waals surface area contributed by atoms with Crippen LogP contribution < -0.4 is 0 Å². The number of hydrogen-bond donors (Lipinski definition) is 0. The van der Waals surface area contributed by atoms with E-state index in [-0.39, 0.29) is 5.97 Å². The molecule has 0 saturated heterocycles. The smallest absolute Gasteiger partial charge is 0.314 e. The van der Waals surface area contributed by atoms with Gasteiger partial charge in [0.05, 0.1) is 0 Å². The fourth-order valence-corrected chi connectivity index (χ4v) is 1.31. The lowest BCUT2D eigenvalue weighted by Crippen LogP contribution is -2.07. The fourth-order valence-electron chi connectivity index (χ4n) is 0.900. The van der Waals surface area contributed by atoms with Gasteiger partial charge in [0, 0.05) is 6.42 Å². The highest BCUT2D eigenvalue weighted by Gasteiger charge is 2.01. The molecule has 2 nitrogen and oxygen atoms in total. The maximum Gasteiger partial charge on any atom is 0.314 e. The molecule has 0 rings (SSSR count). The van der Waals surface area contributed by atoms with Gasteiger partial charge in [-0.3, -0.25) is 4.79 Å². The predicted octanol–water partition coefficient (Wildman–Crippen LogP) is 2.56. The summed E-state index contributed by atoms with van der Waals surface area (Å²) in [5.41, 5.74) is 0. The van der Waals surface area contributed by atoms with Gasteiger partial charge in [0.15, 0.2) is 0 Å². The summed E-state index contributed by atoms with van der Waals surface area (Å²) in [6.45, 7) is 4.18. The molecular weight excluding hydrogens is 168 g/mol. The minimum Gasteiger partial charge on any atom is -0.516 e. The summed E-state index contributed by atoms with van der Waals surface area (Å²) < 4.78 is 4.96. The summed E-state index contributed by atoms with van der Waals surface area (Å²) >= 11 is 0. The topological polar surface area (TPSA) is 26.3 Å². The average Bonchev–Trinajstić information content (AvgIpc) is 2.09. The molecule has 0 heterocycles. The highest BCUT2D eigenvalue weighted by atomic mass is 28.2. The molecule has 0 atom stereocenters. The molecule has 0 N–H and O–H groups in total. The Hall–Kier alpha value is -0.313. The van der Waals surface area contributed by atoms with E-state index < -0.39 is 0 Å². The molecule has 0 bridgehead atoms. The summed E-state index contributed by atoms with van der Waals surface area (Å²) in [5, 5.41) is 0. The third-order valence-electron chi connectivity index (χ3n) is 1.56. The van der Waals surface area contributed by atoms with Crippen molar-refractivity contribution in [2.45, 2.75) is 52.0 Å². The van der Waals surface area contributed by atoms with Crippen molar-refractivity contribution in [3.63, 3.8) is 0 Å². The van der Waals surface area contributed by atoms with Gasteiger partial charge in [-0.05, 0) is 12.5 Å². The second-order valence-electron chi connectivity index (χ2n) is 2.78. The van der Waals surface area contributed by atoms with Crippen molar-refractivity contribution in [1.29, 1.82) is 0 Å². The van der Waals surface area contributed by atoms with Gasteiger partial charge >= 0.3 is 9.76 Å². The van der Waals surface area contributed by atoms with E-state index in [4.69, 9.17) is 4.43 Å². The Kier molecular flexibility index (Phi) is 8.55. The Labute approximate surface area is 77.6 Å². The monoisotopic (exact) mass is 186 g/mol. The van der Waals surface area contributed by atoms with E-state index in [0.29, 0.717) is 16.2 Å². The van der Waals surface area contributed by atoms with Crippen LogP contribution in [0.3, 0.4) is 0 Å². The lowest BCUT2D eigenvalue weighted by Gasteiger charge is -2.01. The second kappa shape index (κ2) is 8.78. The molecule has 0 aromatic heterocycles. The van der Waals surface area contributed by atoms with Crippen LogP contribution in [0.5, 0.6) is 0 Å². The van der Waals surface area contributed by atoms with Crippen LogP contribution in [0.1, 0.15) is 46.0 Å². The maximum absolute atomic E-state index is 10.9. The molecule has 0 amide bonds. The minimum absolute atomic E-state index is 0.0220. The van der Waals surface area contributed by atoms with E-state index >= 15 is 0 Å². The molecule has 0 spiro atoms. The zero-order valence-electron chi connectivity index (χ0n) is 8.06. The summed E-state index contributed by atoms with van der Waals surface area (Å²) in [4.78, 5) is 10.9. The highest BCUT2D eigenvalue weighted by Crippen LogP contribution is 2.03. The Morgan fingerprint density at radius 3 is 2.58 bits per heavy atom. The Morgan fingerprint density at radius 1 is 1.25 bits per heavy atom. The first-order valence-electron chi connectivity index (χ1n) is 4.73. The third-order valence-corrected chi connectivity index (χ3v) is 2.23. The van der Waals surface area contributed by atoms with Crippen molar-refractivity contribution in [3.05, 3.63) is 0 Å². The van der Waals surface area contributed by atoms with E-state index in [2.05, 4.69) is 6.92 Å². The van der Waals surface area contributed by atoms with Gasteiger partial charge in [0.25, 0.3) is 5.97 Å². The molecule has 0 aromatic rings.